The van der Waals surface area contributed by atoms with E-state index in [0.717, 1.165) is 38.6 Å². The quantitative estimate of drug-likeness (QED) is 0.743. The summed E-state index contributed by atoms with van der Waals surface area (Å²) < 4.78 is 0. The van der Waals surface area contributed by atoms with Gasteiger partial charge in [0.15, 0.2) is 0 Å². The van der Waals surface area contributed by atoms with Crippen LogP contribution in [0.1, 0.15) is 83.1 Å². The highest BCUT2D eigenvalue weighted by atomic mass is 16.2. The van der Waals surface area contributed by atoms with Crippen LogP contribution in [-0.4, -0.2) is 18.5 Å². The Hall–Kier alpha value is -1.35. The third kappa shape index (κ3) is 3.24. The molecule has 0 radical (unpaired) electrons. The zero-order valence-corrected chi connectivity index (χ0v) is 18.1. The molecule has 29 heavy (non-hydrogen) atoms. The van der Waals surface area contributed by atoms with Crippen LogP contribution in [-0.2, 0) is 10.2 Å². The second-order valence-corrected chi connectivity index (χ2v) is 11.2. The summed E-state index contributed by atoms with van der Waals surface area (Å²) in [5.74, 6) is 1.76. The van der Waals surface area contributed by atoms with Gasteiger partial charge in [-0.2, -0.15) is 0 Å². The van der Waals surface area contributed by atoms with Gasteiger partial charge in [0.05, 0.1) is 5.41 Å². The van der Waals surface area contributed by atoms with Gasteiger partial charge in [0.2, 0.25) is 5.91 Å². The summed E-state index contributed by atoms with van der Waals surface area (Å²) in [5, 5.41) is 3.55. The molecule has 0 aliphatic heterocycles. The summed E-state index contributed by atoms with van der Waals surface area (Å²) in [6.07, 6.45) is 13.0. The first kappa shape index (κ1) is 19.6. The maximum absolute atomic E-state index is 13.8. The minimum absolute atomic E-state index is 0.143. The van der Waals surface area contributed by atoms with Gasteiger partial charge in [-0.15, -0.1) is 0 Å². The predicted octanol–water partition coefficient (Wildman–Crippen LogP) is 4.94. The summed E-state index contributed by atoms with van der Waals surface area (Å²) in [5.41, 5.74) is 7.79. The fraction of sp³-hybridized carbons (Fsp3) is 0.731. The van der Waals surface area contributed by atoms with E-state index in [1.54, 1.807) is 0 Å². The molecule has 4 unspecified atom stereocenters. The predicted molar refractivity (Wildman–Crippen MR) is 117 cm³/mol. The Morgan fingerprint density at radius 2 is 1.79 bits per heavy atom. The van der Waals surface area contributed by atoms with Gasteiger partial charge in [0, 0.05) is 6.04 Å². The highest BCUT2D eigenvalue weighted by Gasteiger charge is 2.65. The van der Waals surface area contributed by atoms with Crippen molar-refractivity contribution >= 4 is 5.91 Å². The normalized spacial score (nSPS) is 43.3. The van der Waals surface area contributed by atoms with Crippen molar-refractivity contribution in [3.8, 4) is 0 Å². The van der Waals surface area contributed by atoms with Crippen molar-refractivity contribution in [2.24, 2.45) is 28.4 Å². The molecule has 0 spiro atoms. The van der Waals surface area contributed by atoms with E-state index in [1.165, 1.54) is 44.1 Å². The van der Waals surface area contributed by atoms with Crippen molar-refractivity contribution in [1.29, 1.82) is 0 Å². The van der Waals surface area contributed by atoms with E-state index < -0.39 is 0 Å². The lowest BCUT2D eigenvalue weighted by Crippen LogP contribution is -2.63. The number of nitrogens with two attached hydrogens (primary N) is 1. The van der Waals surface area contributed by atoms with Crippen LogP contribution < -0.4 is 11.1 Å². The van der Waals surface area contributed by atoms with E-state index >= 15 is 0 Å². The molecular formula is C26H38N2O. The fourth-order valence-electron chi connectivity index (χ4n) is 8.28. The lowest BCUT2D eigenvalue weighted by Gasteiger charge is -2.66. The minimum Gasteiger partial charge on any atom is -0.353 e. The molecule has 1 amide bonds. The fourth-order valence-corrected chi connectivity index (χ4v) is 8.28. The largest absolute Gasteiger partial charge is 0.353 e. The van der Waals surface area contributed by atoms with Gasteiger partial charge in [-0.3, -0.25) is 4.79 Å². The van der Waals surface area contributed by atoms with Crippen LogP contribution in [0.4, 0.5) is 0 Å². The van der Waals surface area contributed by atoms with Crippen LogP contribution in [0.5, 0.6) is 0 Å². The maximum atomic E-state index is 13.8. The van der Waals surface area contributed by atoms with Crippen LogP contribution in [0.3, 0.4) is 0 Å². The van der Waals surface area contributed by atoms with E-state index in [9.17, 15) is 4.79 Å². The summed E-state index contributed by atoms with van der Waals surface area (Å²) in [6, 6.07) is 11.5. The molecule has 0 heterocycles. The van der Waals surface area contributed by atoms with Gasteiger partial charge in [0.1, 0.15) is 0 Å². The van der Waals surface area contributed by atoms with Crippen LogP contribution in [0, 0.1) is 22.7 Å². The van der Waals surface area contributed by atoms with Crippen LogP contribution >= 0.6 is 0 Å². The van der Waals surface area contributed by atoms with Crippen molar-refractivity contribution in [2.45, 2.75) is 89.0 Å². The molecule has 158 valence electrons. The molecule has 5 aliphatic carbocycles. The summed E-state index contributed by atoms with van der Waals surface area (Å²) in [7, 11) is 0. The Kier molecular flexibility index (Phi) is 4.81. The van der Waals surface area contributed by atoms with Crippen LogP contribution in [0.15, 0.2) is 30.3 Å². The number of carbonyl (C=O) groups is 1. The van der Waals surface area contributed by atoms with Crippen LogP contribution in [0.2, 0.25) is 0 Å². The standard InChI is InChI=1S/C26H38N2O/c1-2-24-12-20-13-25(16-24,21-6-4-3-5-7-21)18-26(14-20,17-24)23(29)28-22-10-8-19(15-27)9-11-22/h3-7,19-20,22H,2,8-18,27H2,1H3,(H,28,29)/t19-,20?,22-,24?,25?,26?. The summed E-state index contributed by atoms with van der Waals surface area (Å²) in [6.45, 7) is 3.16. The Bertz CT molecular complexity index is 755. The van der Waals surface area contributed by atoms with Crippen molar-refractivity contribution in [1.82, 2.24) is 5.32 Å². The van der Waals surface area contributed by atoms with Gasteiger partial charge in [-0.25, -0.2) is 0 Å². The first-order valence-electron chi connectivity index (χ1n) is 12.1. The Morgan fingerprint density at radius 1 is 1.03 bits per heavy atom. The number of amides is 1. The second kappa shape index (κ2) is 7.11. The maximum Gasteiger partial charge on any atom is 0.226 e. The second-order valence-electron chi connectivity index (χ2n) is 11.2. The molecule has 1 aromatic rings. The molecule has 3 N–H and O–H groups in total. The average Bonchev–Trinajstić information content (AvgIpc) is 2.74. The highest BCUT2D eigenvalue weighted by molar-refractivity contribution is 5.84. The van der Waals surface area contributed by atoms with Crippen LogP contribution in [0.25, 0.3) is 0 Å². The van der Waals surface area contributed by atoms with E-state index in [2.05, 4.69) is 42.6 Å². The van der Waals surface area contributed by atoms with Crippen molar-refractivity contribution in [3.63, 3.8) is 0 Å². The Morgan fingerprint density at radius 3 is 2.48 bits per heavy atom. The number of carbonyl (C=O) groups excluding carboxylic acids is 1. The molecule has 4 atom stereocenters. The number of benzene rings is 1. The van der Waals surface area contributed by atoms with Gasteiger partial charge in [0.25, 0.3) is 0 Å². The zero-order chi connectivity index (χ0) is 20.1. The van der Waals surface area contributed by atoms with E-state index in [1.807, 2.05) is 0 Å². The molecular weight excluding hydrogens is 356 g/mol. The molecule has 3 heteroatoms. The van der Waals surface area contributed by atoms with Crippen molar-refractivity contribution in [3.05, 3.63) is 35.9 Å². The Balaban J connectivity index is 1.41. The summed E-state index contributed by atoms with van der Waals surface area (Å²) >= 11 is 0. The summed E-state index contributed by atoms with van der Waals surface area (Å²) in [4.78, 5) is 13.8. The zero-order valence-electron chi connectivity index (χ0n) is 18.1. The smallest absolute Gasteiger partial charge is 0.226 e. The third-order valence-electron chi connectivity index (χ3n) is 9.32. The van der Waals surface area contributed by atoms with Gasteiger partial charge >= 0.3 is 0 Å². The molecule has 5 fully saturated rings. The van der Waals surface area contributed by atoms with Gasteiger partial charge in [-0.05, 0) is 99.0 Å². The first-order chi connectivity index (χ1) is 14.0. The first-order valence-corrected chi connectivity index (χ1v) is 12.1. The van der Waals surface area contributed by atoms with Crippen molar-refractivity contribution in [2.75, 3.05) is 6.54 Å². The monoisotopic (exact) mass is 394 g/mol. The molecule has 3 nitrogen and oxygen atoms in total. The number of hydrogen-bond acceptors (Lipinski definition) is 2. The highest BCUT2D eigenvalue weighted by Crippen LogP contribution is 2.71. The topological polar surface area (TPSA) is 55.1 Å². The number of rotatable bonds is 5. The molecule has 5 saturated carbocycles. The van der Waals surface area contributed by atoms with E-state index in [4.69, 9.17) is 5.73 Å². The molecule has 6 rings (SSSR count). The molecule has 4 bridgehead atoms. The Labute approximate surface area is 176 Å². The van der Waals surface area contributed by atoms with Crippen molar-refractivity contribution < 1.29 is 4.79 Å². The molecule has 0 aromatic heterocycles. The van der Waals surface area contributed by atoms with E-state index in [-0.39, 0.29) is 10.8 Å². The minimum atomic E-state index is -0.143. The average molecular weight is 395 g/mol. The number of nitrogens with one attached hydrogen (secondary N) is 1. The molecule has 5 aliphatic rings. The van der Waals surface area contributed by atoms with E-state index in [0.29, 0.717) is 29.2 Å². The SMILES string of the molecule is CCC12CC3CC(C(=O)N[C@H]4CC[C@H](CN)CC4)(C1)CC(c1ccccc1)(C3)C2. The molecule has 1 aromatic carbocycles. The lowest BCUT2D eigenvalue weighted by molar-refractivity contribution is -0.164. The van der Waals surface area contributed by atoms with Gasteiger partial charge < -0.3 is 11.1 Å². The molecule has 0 saturated heterocycles. The third-order valence-corrected chi connectivity index (χ3v) is 9.32. The number of hydrogen-bond donors (Lipinski definition) is 2. The lowest BCUT2D eigenvalue weighted by atomic mass is 9.38. The van der Waals surface area contributed by atoms with Gasteiger partial charge in [-0.1, -0.05) is 43.7 Å².